The minimum atomic E-state index is -1.01. The number of aryl methyl sites for hydroxylation is 3. The molecule has 160 valence electrons. The standard InChI is InChI=1S/C23H28N2O5/c1-6-29-19-10-8-7-9-18(19)23(28)24-13-20(26)30-17(5)22(27)25-21-15(3)11-14(2)12-16(21)4/h7-12,17H,6,13H2,1-5H3,(H,24,28)(H,25,27)/t17-/m0/s1. The van der Waals surface area contributed by atoms with Crippen LogP contribution < -0.4 is 15.4 Å². The van der Waals surface area contributed by atoms with Gasteiger partial charge in [0.1, 0.15) is 12.3 Å². The van der Waals surface area contributed by atoms with Crippen molar-refractivity contribution in [2.24, 2.45) is 0 Å². The Labute approximate surface area is 176 Å². The van der Waals surface area contributed by atoms with E-state index in [1.54, 1.807) is 24.3 Å². The Balaban J connectivity index is 1.90. The van der Waals surface area contributed by atoms with Gasteiger partial charge in [0, 0.05) is 5.69 Å². The van der Waals surface area contributed by atoms with Crippen LogP contribution in [-0.4, -0.2) is 37.0 Å². The van der Waals surface area contributed by atoms with Gasteiger partial charge in [0.25, 0.3) is 11.8 Å². The third kappa shape index (κ3) is 6.07. The molecule has 0 heterocycles. The Morgan fingerprint density at radius 1 is 1.03 bits per heavy atom. The molecule has 2 amide bonds. The summed E-state index contributed by atoms with van der Waals surface area (Å²) in [6, 6.07) is 10.7. The Bertz CT molecular complexity index is 916. The van der Waals surface area contributed by atoms with E-state index in [9.17, 15) is 14.4 Å². The zero-order valence-electron chi connectivity index (χ0n) is 18.0. The van der Waals surface area contributed by atoms with E-state index in [0.29, 0.717) is 23.6 Å². The summed E-state index contributed by atoms with van der Waals surface area (Å²) in [6.07, 6.45) is -1.01. The van der Waals surface area contributed by atoms with Crippen molar-refractivity contribution >= 4 is 23.5 Å². The van der Waals surface area contributed by atoms with Crippen LogP contribution in [0.15, 0.2) is 36.4 Å². The second-order valence-electron chi connectivity index (χ2n) is 7.01. The number of hydrogen-bond acceptors (Lipinski definition) is 5. The topological polar surface area (TPSA) is 93.7 Å². The van der Waals surface area contributed by atoms with Gasteiger partial charge in [0.2, 0.25) is 0 Å². The van der Waals surface area contributed by atoms with E-state index in [0.717, 1.165) is 16.7 Å². The van der Waals surface area contributed by atoms with Crippen molar-refractivity contribution in [2.75, 3.05) is 18.5 Å². The number of para-hydroxylation sites is 1. The molecule has 0 aromatic heterocycles. The Hall–Kier alpha value is -3.35. The fourth-order valence-electron chi connectivity index (χ4n) is 3.08. The molecule has 0 aliphatic rings. The van der Waals surface area contributed by atoms with Gasteiger partial charge in [-0.15, -0.1) is 0 Å². The number of amides is 2. The highest BCUT2D eigenvalue weighted by Crippen LogP contribution is 2.22. The van der Waals surface area contributed by atoms with Crippen LogP contribution in [0.5, 0.6) is 5.75 Å². The number of anilines is 1. The van der Waals surface area contributed by atoms with Crippen molar-refractivity contribution in [3.63, 3.8) is 0 Å². The summed E-state index contributed by atoms with van der Waals surface area (Å²) in [7, 11) is 0. The highest BCUT2D eigenvalue weighted by atomic mass is 16.5. The first-order valence-electron chi connectivity index (χ1n) is 9.81. The van der Waals surface area contributed by atoms with Crippen molar-refractivity contribution in [2.45, 2.75) is 40.7 Å². The van der Waals surface area contributed by atoms with Crippen LogP contribution >= 0.6 is 0 Å². The van der Waals surface area contributed by atoms with Crippen molar-refractivity contribution in [1.29, 1.82) is 0 Å². The Morgan fingerprint density at radius 2 is 1.67 bits per heavy atom. The van der Waals surface area contributed by atoms with Gasteiger partial charge in [-0.3, -0.25) is 14.4 Å². The van der Waals surface area contributed by atoms with Gasteiger partial charge >= 0.3 is 5.97 Å². The first kappa shape index (κ1) is 22.9. The maximum atomic E-state index is 12.4. The van der Waals surface area contributed by atoms with Gasteiger partial charge in [0.15, 0.2) is 6.10 Å². The lowest BCUT2D eigenvalue weighted by Crippen LogP contribution is -2.36. The number of rotatable bonds is 8. The van der Waals surface area contributed by atoms with Crippen LogP contribution in [0, 0.1) is 20.8 Å². The van der Waals surface area contributed by atoms with Gasteiger partial charge in [0.05, 0.1) is 12.2 Å². The lowest BCUT2D eigenvalue weighted by atomic mass is 10.0. The zero-order valence-corrected chi connectivity index (χ0v) is 18.0. The van der Waals surface area contributed by atoms with E-state index in [-0.39, 0.29) is 6.54 Å². The molecule has 2 aromatic carbocycles. The number of benzene rings is 2. The van der Waals surface area contributed by atoms with E-state index in [1.165, 1.54) is 6.92 Å². The van der Waals surface area contributed by atoms with Crippen LogP contribution in [0.25, 0.3) is 0 Å². The molecule has 7 nitrogen and oxygen atoms in total. The smallest absolute Gasteiger partial charge is 0.326 e. The molecule has 1 atom stereocenters. The van der Waals surface area contributed by atoms with Crippen molar-refractivity contribution in [3.05, 3.63) is 58.7 Å². The third-order valence-corrected chi connectivity index (χ3v) is 4.43. The maximum absolute atomic E-state index is 12.4. The molecule has 0 spiro atoms. The van der Waals surface area contributed by atoms with Gasteiger partial charge in [-0.1, -0.05) is 29.8 Å². The number of nitrogens with one attached hydrogen (secondary N) is 2. The lowest BCUT2D eigenvalue weighted by molar-refractivity contribution is -0.152. The monoisotopic (exact) mass is 412 g/mol. The molecule has 7 heteroatoms. The van der Waals surface area contributed by atoms with Crippen LogP contribution in [0.3, 0.4) is 0 Å². The first-order chi connectivity index (χ1) is 14.2. The largest absolute Gasteiger partial charge is 0.493 e. The van der Waals surface area contributed by atoms with E-state index in [2.05, 4.69) is 10.6 Å². The van der Waals surface area contributed by atoms with Gasteiger partial charge in [-0.25, -0.2) is 0 Å². The molecule has 0 aliphatic carbocycles. The molecule has 0 bridgehead atoms. The van der Waals surface area contributed by atoms with Crippen LogP contribution in [-0.2, 0) is 14.3 Å². The summed E-state index contributed by atoms with van der Waals surface area (Å²) in [5.41, 5.74) is 3.99. The number of esters is 1. The van der Waals surface area contributed by atoms with E-state index in [4.69, 9.17) is 9.47 Å². The summed E-state index contributed by atoms with van der Waals surface area (Å²) < 4.78 is 10.6. The van der Waals surface area contributed by atoms with E-state index in [1.807, 2.05) is 39.8 Å². The summed E-state index contributed by atoms with van der Waals surface area (Å²) in [6.45, 7) is 9.15. The fourth-order valence-corrected chi connectivity index (χ4v) is 3.08. The van der Waals surface area contributed by atoms with Crippen molar-refractivity contribution < 1.29 is 23.9 Å². The molecule has 30 heavy (non-hydrogen) atoms. The number of carbonyl (C=O) groups is 3. The molecule has 0 saturated carbocycles. The summed E-state index contributed by atoms with van der Waals surface area (Å²) in [4.78, 5) is 36.8. The Morgan fingerprint density at radius 3 is 2.30 bits per heavy atom. The second kappa shape index (κ2) is 10.4. The molecule has 0 aliphatic heterocycles. The second-order valence-corrected chi connectivity index (χ2v) is 7.01. The Kier molecular flexibility index (Phi) is 7.98. The summed E-state index contributed by atoms with van der Waals surface area (Å²) in [5.74, 6) is -1.18. The van der Waals surface area contributed by atoms with Crippen LogP contribution in [0.2, 0.25) is 0 Å². The first-order valence-corrected chi connectivity index (χ1v) is 9.81. The van der Waals surface area contributed by atoms with Gasteiger partial charge in [-0.05, 0) is 57.9 Å². The summed E-state index contributed by atoms with van der Waals surface area (Å²) in [5, 5.41) is 5.29. The van der Waals surface area contributed by atoms with E-state index >= 15 is 0 Å². The zero-order chi connectivity index (χ0) is 22.3. The van der Waals surface area contributed by atoms with E-state index < -0.39 is 23.9 Å². The van der Waals surface area contributed by atoms with Gasteiger partial charge in [-0.2, -0.15) is 0 Å². The molecular formula is C23H28N2O5. The molecule has 0 radical (unpaired) electrons. The molecule has 0 fully saturated rings. The molecule has 0 saturated heterocycles. The minimum absolute atomic E-state index is 0.322. The average Bonchev–Trinajstić information content (AvgIpc) is 2.69. The molecular weight excluding hydrogens is 384 g/mol. The van der Waals surface area contributed by atoms with Crippen LogP contribution in [0.4, 0.5) is 5.69 Å². The molecule has 2 N–H and O–H groups in total. The molecule has 2 aromatic rings. The highest BCUT2D eigenvalue weighted by Gasteiger charge is 2.20. The number of carbonyl (C=O) groups excluding carboxylic acids is 3. The molecule has 2 rings (SSSR count). The van der Waals surface area contributed by atoms with Crippen molar-refractivity contribution in [1.82, 2.24) is 5.32 Å². The summed E-state index contributed by atoms with van der Waals surface area (Å²) >= 11 is 0. The van der Waals surface area contributed by atoms with Gasteiger partial charge < -0.3 is 20.1 Å². The molecule has 0 unspecified atom stereocenters. The van der Waals surface area contributed by atoms with Crippen molar-refractivity contribution in [3.8, 4) is 5.75 Å². The quantitative estimate of drug-likeness (QED) is 0.649. The number of hydrogen-bond donors (Lipinski definition) is 2. The average molecular weight is 412 g/mol. The SMILES string of the molecule is CCOc1ccccc1C(=O)NCC(=O)O[C@@H](C)C(=O)Nc1c(C)cc(C)cc1C. The highest BCUT2D eigenvalue weighted by molar-refractivity contribution is 5.99. The third-order valence-electron chi connectivity index (χ3n) is 4.43. The maximum Gasteiger partial charge on any atom is 0.326 e. The predicted molar refractivity (Wildman–Crippen MR) is 115 cm³/mol. The lowest BCUT2D eigenvalue weighted by Gasteiger charge is -2.17. The fraction of sp³-hybridized carbons (Fsp3) is 0.348. The number of ether oxygens (including phenoxy) is 2. The normalized spacial score (nSPS) is 11.4. The van der Waals surface area contributed by atoms with Crippen LogP contribution in [0.1, 0.15) is 40.9 Å². The minimum Gasteiger partial charge on any atom is -0.493 e. The predicted octanol–water partition coefficient (Wildman–Crippen LogP) is 3.31.